The van der Waals surface area contributed by atoms with Gasteiger partial charge < -0.3 is 94.0 Å². The lowest BCUT2D eigenvalue weighted by molar-refractivity contribution is -0.361. The van der Waals surface area contributed by atoms with Gasteiger partial charge in [0.1, 0.15) is 73.2 Å². The second-order valence-corrected chi connectivity index (χ2v) is 13.1. The highest BCUT2D eigenvalue weighted by Gasteiger charge is 2.51. The van der Waals surface area contributed by atoms with E-state index in [-0.39, 0.29) is 0 Å². The van der Waals surface area contributed by atoms with E-state index in [1.807, 2.05) is 0 Å². The molecule has 3 aliphatic rings. The molecule has 0 aromatic heterocycles. The van der Waals surface area contributed by atoms with E-state index in [2.05, 4.69) is 9.05 Å². The number of phosphoric ester groups is 2. The Kier molecular flexibility index (Phi) is 14.4. The lowest BCUT2D eigenvalue weighted by atomic mass is 9.97. The van der Waals surface area contributed by atoms with Crippen LogP contribution in [-0.2, 0) is 46.6 Å². The van der Waals surface area contributed by atoms with Crippen LogP contribution >= 0.6 is 15.6 Å². The Morgan fingerprint density at radius 1 is 0.630 bits per heavy atom. The van der Waals surface area contributed by atoms with Crippen molar-refractivity contribution in [1.29, 1.82) is 0 Å². The summed E-state index contributed by atoms with van der Waals surface area (Å²) >= 11 is 0. The minimum atomic E-state index is -5.24. The molecule has 3 aliphatic heterocycles. The minimum absolute atomic E-state index is 0.700. The third-order valence-corrected chi connectivity index (χ3v) is 8.23. The maximum Gasteiger partial charge on any atom is 0.470 e. The SMILES string of the molecule is C[C@@H]1O[C@@H](OC[C@H]2O[C@@H](OCC(COP(=O)(O)O)OP(=O)(O)O)[C@H](O)[C@@H](O)[C@H]2O)[C@H](O)[C@H](O)[C@H]1O[C@@H]1O[C@H](CO)[C@@H](O)[C@H](O)[C@@H]1O. The van der Waals surface area contributed by atoms with Crippen molar-refractivity contribution in [2.24, 2.45) is 0 Å². The topological polar surface area (TPSA) is 371 Å². The first-order valence-corrected chi connectivity index (χ1v) is 16.6. The van der Waals surface area contributed by atoms with Crippen molar-refractivity contribution in [1.82, 2.24) is 0 Å². The zero-order chi connectivity index (χ0) is 34.7. The van der Waals surface area contributed by atoms with Crippen molar-refractivity contribution < 1.29 is 112 Å². The van der Waals surface area contributed by atoms with Gasteiger partial charge >= 0.3 is 15.6 Å². The molecule has 272 valence electrons. The van der Waals surface area contributed by atoms with Crippen LogP contribution in [0.2, 0.25) is 0 Å². The molecule has 3 fully saturated rings. The molecule has 46 heavy (non-hydrogen) atoms. The highest BCUT2D eigenvalue weighted by Crippen LogP contribution is 2.41. The van der Waals surface area contributed by atoms with Gasteiger partial charge in [0.2, 0.25) is 0 Å². The van der Waals surface area contributed by atoms with Crippen molar-refractivity contribution in [3.05, 3.63) is 0 Å². The van der Waals surface area contributed by atoms with Crippen LogP contribution in [-0.4, -0.2) is 190 Å². The average molecular weight is 722 g/mol. The van der Waals surface area contributed by atoms with Gasteiger partial charge in [-0.1, -0.05) is 0 Å². The van der Waals surface area contributed by atoms with Gasteiger partial charge in [0.05, 0.1) is 32.5 Å². The fourth-order valence-corrected chi connectivity index (χ4v) is 5.60. The van der Waals surface area contributed by atoms with Crippen LogP contribution in [0.4, 0.5) is 0 Å². The number of aliphatic hydroxyl groups is 9. The molecule has 0 aromatic rings. The van der Waals surface area contributed by atoms with Gasteiger partial charge in [-0.3, -0.25) is 9.05 Å². The van der Waals surface area contributed by atoms with E-state index >= 15 is 0 Å². The Labute approximate surface area is 259 Å². The molecule has 0 spiro atoms. The Morgan fingerprint density at radius 3 is 1.72 bits per heavy atom. The van der Waals surface area contributed by atoms with Crippen LogP contribution in [0.25, 0.3) is 0 Å². The molecule has 13 N–H and O–H groups in total. The maximum absolute atomic E-state index is 11.2. The van der Waals surface area contributed by atoms with Crippen LogP contribution in [0.15, 0.2) is 0 Å². The first-order chi connectivity index (χ1) is 21.2. The maximum atomic E-state index is 11.2. The van der Waals surface area contributed by atoms with Crippen LogP contribution in [0.3, 0.4) is 0 Å². The lowest BCUT2D eigenvalue weighted by Crippen LogP contribution is -2.64. The monoisotopic (exact) mass is 722 g/mol. The Hall–Kier alpha value is -0.380. The molecule has 1 unspecified atom stereocenters. The summed E-state index contributed by atoms with van der Waals surface area (Å²) in [6.45, 7) is -2.10. The van der Waals surface area contributed by atoms with E-state index in [0.717, 1.165) is 0 Å². The standard InChI is InChI=1S/C21H40O23P2/c1-6-18(43-21-16(29)12(25)10(23)8(2-22)41-21)14(27)17(30)19(40-6)38-5-9-11(24)13(26)15(28)20(42-9)37-3-7(44-46(34,35)36)4-39-45(31,32)33/h6-30H,2-5H2,1H3,(H2,31,32,33)(H2,34,35,36)/t6-,7?,8+,9+,10+,11-,12-,13-,14-,15+,16-,17+,18-,19+,20+,21-/m0/s1. The van der Waals surface area contributed by atoms with Crippen molar-refractivity contribution in [3.63, 3.8) is 0 Å². The molecule has 16 atom stereocenters. The van der Waals surface area contributed by atoms with Gasteiger partial charge in [-0.2, -0.15) is 0 Å². The summed E-state index contributed by atoms with van der Waals surface area (Å²) in [6.07, 6.45) is -27.1. The van der Waals surface area contributed by atoms with Gasteiger partial charge in [-0.25, -0.2) is 9.13 Å². The molecule has 3 rings (SSSR count). The van der Waals surface area contributed by atoms with Crippen molar-refractivity contribution in [2.45, 2.75) is 105 Å². The number of rotatable bonds is 14. The van der Waals surface area contributed by atoms with Crippen LogP contribution < -0.4 is 0 Å². The molecule has 23 nitrogen and oxygen atoms in total. The normalized spacial score (nSPS) is 43.4. The molecule has 0 amide bonds. The van der Waals surface area contributed by atoms with Gasteiger partial charge in [0, 0.05) is 0 Å². The highest BCUT2D eigenvalue weighted by atomic mass is 31.2. The smallest absolute Gasteiger partial charge is 0.394 e. The fraction of sp³-hybridized carbons (Fsp3) is 1.00. The second kappa shape index (κ2) is 16.6. The van der Waals surface area contributed by atoms with Crippen molar-refractivity contribution >= 4 is 15.6 Å². The summed E-state index contributed by atoms with van der Waals surface area (Å²) in [7, 11) is -10.3. The van der Waals surface area contributed by atoms with Crippen molar-refractivity contribution in [2.75, 3.05) is 26.4 Å². The quantitative estimate of drug-likeness (QED) is 0.0741. The Bertz CT molecular complexity index is 1040. The van der Waals surface area contributed by atoms with E-state index in [1.54, 1.807) is 0 Å². The van der Waals surface area contributed by atoms with Crippen LogP contribution in [0, 0.1) is 0 Å². The zero-order valence-corrected chi connectivity index (χ0v) is 25.6. The summed E-state index contributed by atoms with van der Waals surface area (Å²) in [6, 6.07) is 0. The molecule has 0 aromatic carbocycles. The molecule has 0 saturated carbocycles. The van der Waals surface area contributed by atoms with Crippen molar-refractivity contribution in [3.8, 4) is 0 Å². The Balaban J connectivity index is 1.60. The molecular weight excluding hydrogens is 682 g/mol. The first kappa shape index (κ1) is 40.1. The highest BCUT2D eigenvalue weighted by molar-refractivity contribution is 7.46. The van der Waals surface area contributed by atoms with E-state index < -0.39 is 140 Å². The third-order valence-electron chi connectivity index (χ3n) is 7.17. The minimum Gasteiger partial charge on any atom is -0.394 e. The van der Waals surface area contributed by atoms with E-state index in [0.29, 0.717) is 0 Å². The van der Waals surface area contributed by atoms with E-state index in [1.165, 1.54) is 6.92 Å². The third kappa shape index (κ3) is 10.6. The number of ether oxygens (including phenoxy) is 6. The molecule has 0 aliphatic carbocycles. The van der Waals surface area contributed by atoms with Gasteiger partial charge in [0.15, 0.2) is 18.9 Å². The molecular formula is C21H40O23P2. The Morgan fingerprint density at radius 2 is 1.15 bits per heavy atom. The molecule has 3 saturated heterocycles. The van der Waals surface area contributed by atoms with Gasteiger partial charge in [0.25, 0.3) is 0 Å². The number of hydrogen-bond acceptors (Lipinski definition) is 19. The molecule has 0 bridgehead atoms. The van der Waals surface area contributed by atoms with Crippen LogP contribution in [0.5, 0.6) is 0 Å². The summed E-state index contributed by atoms with van der Waals surface area (Å²) in [5, 5.41) is 91.7. The average Bonchev–Trinajstić information content (AvgIpc) is 2.96. The largest absolute Gasteiger partial charge is 0.470 e. The zero-order valence-electron chi connectivity index (χ0n) is 23.9. The first-order valence-electron chi connectivity index (χ1n) is 13.6. The van der Waals surface area contributed by atoms with E-state index in [9.17, 15) is 55.1 Å². The predicted octanol–water partition coefficient (Wildman–Crippen LogP) is -6.93. The summed E-state index contributed by atoms with van der Waals surface area (Å²) in [4.78, 5) is 35.8. The predicted molar refractivity (Wildman–Crippen MR) is 138 cm³/mol. The van der Waals surface area contributed by atoms with Gasteiger partial charge in [-0.15, -0.1) is 0 Å². The lowest BCUT2D eigenvalue weighted by Gasteiger charge is -2.46. The fourth-order valence-electron chi connectivity index (χ4n) is 4.73. The van der Waals surface area contributed by atoms with Crippen LogP contribution in [0.1, 0.15) is 6.92 Å². The number of aliphatic hydroxyl groups excluding tert-OH is 9. The number of hydrogen-bond donors (Lipinski definition) is 13. The number of phosphoric acid groups is 2. The second-order valence-electron chi connectivity index (χ2n) is 10.7. The molecule has 0 radical (unpaired) electrons. The molecule has 25 heteroatoms. The van der Waals surface area contributed by atoms with Gasteiger partial charge in [-0.05, 0) is 6.92 Å². The van der Waals surface area contributed by atoms with E-state index in [4.69, 9.17) is 48.0 Å². The summed E-state index contributed by atoms with van der Waals surface area (Å²) in [5.41, 5.74) is 0. The summed E-state index contributed by atoms with van der Waals surface area (Å²) < 4.78 is 62.9. The molecule has 3 heterocycles. The summed E-state index contributed by atoms with van der Waals surface area (Å²) in [5.74, 6) is 0.